The van der Waals surface area contributed by atoms with E-state index in [1.54, 1.807) is 0 Å². The van der Waals surface area contributed by atoms with E-state index in [9.17, 15) is 0 Å². The minimum atomic E-state index is 0.318. The van der Waals surface area contributed by atoms with Gasteiger partial charge in [0.2, 0.25) is 0 Å². The first kappa shape index (κ1) is 8.97. The van der Waals surface area contributed by atoms with Crippen LogP contribution in [-0.2, 0) is 0 Å². The Labute approximate surface area is 69.1 Å². The van der Waals surface area contributed by atoms with E-state index in [4.69, 9.17) is 5.73 Å². The first-order chi connectivity index (χ1) is 5.18. The lowest BCUT2D eigenvalue weighted by Crippen LogP contribution is -2.47. The summed E-state index contributed by atoms with van der Waals surface area (Å²) in [4.78, 5) is 4.79. The van der Waals surface area contributed by atoms with Gasteiger partial charge in [-0.15, -0.1) is 0 Å². The highest BCUT2D eigenvalue weighted by atomic mass is 15.2. The molecular weight excluding hydrogens is 138 g/mol. The molecule has 1 fully saturated rings. The SMILES string of the molecule is CC(N)CN1CCN(C)CC1. The average Bonchev–Trinajstić information content (AvgIpc) is 1.93. The van der Waals surface area contributed by atoms with Crippen molar-refractivity contribution in [3.8, 4) is 0 Å². The first-order valence-electron chi connectivity index (χ1n) is 4.35. The topological polar surface area (TPSA) is 32.5 Å². The van der Waals surface area contributed by atoms with E-state index in [1.165, 1.54) is 26.2 Å². The van der Waals surface area contributed by atoms with Gasteiger partial charge in [-0.05, 0) is 14.0 Å². The van der Waals surface area contributed by atoms with E-state index in [0.29, 0.717) is 6.04 Å². The van der Waals surface area contributed by atoms with Crippen molar-refractivity contribution in [2.45, 2.75) is 13.0 Å². The fourth-order valence-electron chi connectivity index (χ4n) is 1.44. The molecule has 1 heterocycles. The van der Waals surface area contributed by atoms with Crippen LogP contribution in [0.1, 0.15) is 6.92 Å². The van der Waals surface area contributed by atoms with Gasteiger partial charge in [-0.25, -0.2) is 0 Å². The molecule has 2 N–H and O–H groups in total. The third kappa shape index (κ3) is 3.18. The molecule has 0 spiro atoms. The summed E-state index contributed by atoms with van der Waals surface area (Å²) >= 11 is 0. The third-order valence-electron chi connectivity index (χ3n) is 2.14. The van der Waals surface area contributed by atoms with E-state index in [-0.39, 0.29) is 0 Å². The van der Waals surface area contributed by atoms with E-state index in [1.807, 2.05) is 0 Å². The number of nitrogens with zero attached hydrogens (tertiary/aromatic N) is 2. The first-order valence-corrected chi connectivity index (χ1v) is 4.35. The zero-order valence-electron chi connectivity index (χ0n) is 7.58. The second kappa shape index (κ2) is 4.04. The molecule has 66 valence electrons. The Morgan fingerprint density at radius 3 is 2.27 bits per heavy atom. The Hall–Kier alpha value is -0.120. The average molecular weight is 157 g/mol. The highest BCUT2D eigenvalue weighted by molar-refractivity contribution is 4.71. The quantitative estimate of drug-likeness (QED) is 0.591. The zero-order chi connectivity index (χ0) is 8.27. The monoisotopic (exact) mass is 157 g/mol. The summed E-state index contributed by atoms with van der Waals surface area (Å²) in [6, 6.07) is 0.318. The Balaban J connectivity index is 2.17. The molecule has 1 atom stereocenters. The molecule has 1 rings (SSSR count). The summed E-state index contributed by atoms with van der Waals surface area (Å²) in [6.45, 7) is 7.85. The molecule has 0 saturated carbocycles. The second-order valence-corrected chi connectivity index (χ2v) is 3.58. The van der Waals surface area contributed by atoms with Crippen LogP contribution in [0.15, 0.2) is 0 Å². The van der Waals surface area contributed by atoms with Crippen LogP contribution in [0, 0.1) is 0 Å². The van der Waals surface area contributed by atoms with Gasteiger partial charge in [0.15, 0.2) is 0 Å². The lowest BCUT2D eigenvalue weighted by molar-refractivity contribution is 0.149. The maximum atomic E-state index is 5.70. The molecule has 0 aromatic rings. The van der Waals surface area contributed by atoms with Gasteiger partial charge in [0, 0.05) is 38.8 Å². The van der Waals surface area contributed by atoms with Gasteiger partial charge in [-0.1, -0.05) is 0 Å². The molecule has 3 heteroatoms. The number of nitrogens with two attached hydrogens (primary N) is 1. The van der Waals surface area contributed by atoms with Crippen molar-refractivity contribution in [3.05, 3.63) is 0 Å². The lowest BCUT2D eigenvalue weighted by Gasteiger charge is -2.33. The summed E-state index contributed by atoms with van der Waals surface area (Å²) in [5.41, 5.74) is 5.70. The lowest BCUT2D eigenvalue weighted by atomic mass is 10.3. The second-order valence-electron chi connectivity index (χ2n) is 3.58. The normalized spacial score (nSPS) is 25.4. The molecule has 0 aromatic heterocycles. The molecule has 0 bridgehead atoms. The Bertz CT molecular complexity index is 106. The van der Waals surface area contributed by atoms with E-state index >= 15 is 0 Å². The van der Waals surface area contributed by atoms with E-state index in [2.05, 4.69) is 23.8 Å². The van der Waals surface area contributed by atoms with Gasteiger partial charge >= 0.3 is 0 Å². The van der Waals surface area contributed by atoms with Crippen molar-refractivity contribution in [3.63, 3.8) is 0 Å². The van der Waals surface area contributed by atoms with Crippen LogP contribution in [-0.4, -0.2) is 55.6 Å². The zero-order valence-corrected chi connectivity index (χ0v) is 7.58. The molecule has 1 saturated heterocycles. The van der Waals surface area contributed by atoms with Crippen molar-refractivity contribution < 1.29 is 0 Å². The van der Waals surface area contributed by atoms with Crippen molar-refractivity contribution in [2.75, 3.05) is 39.8 Å². The molecular formula is C8H19N3. The van der Waals surface area contributed by atoms with Crippen LogP contribution in [0.2, 0.25) is 0 Å². The molecule has 0 amide bonds. The number of hydrogen-bond donors (Lipinski definition) is 1. The van der Waals surface area contributed by atoms with Crippen LogP contribution in [0.5, 0.6) is 0 Å². The predicted octanol–water partition coefficient (Wildman–Crippen LogP) is -0.419. The summed E-state index contributed by atoms with van der Waals surface area (Å²) in [7, 11) is 2.17. The van der Waals surface area contributed by atoms with Gasteiger partial charge < -0.3 is 10.6 Å². The fraction of sp³-hybridized carbons (Fsp3) is 1.00. The molecule has 11 heavy (non-hydrogen) atoms. The smallest absolute Gasteiger partial charge is 0.0139 e. The highest BCUT2D eigenvalue weighted by Crippen LogP contribution is 1.98. The van der Waals surface area contributed by atoms with Crippen molar-refractivity contribution in [1.29, 1.82) is 0 Å². The van der Waals surface area contributed by atoms with Crippen LogP contribution >= 0.6 is 0 Å². The molecule has 3 nitrogen and oxygen atoms in total. The number of piperazine rings is 1. The van der Waals surface area contributed by atoms with Gasteiger partial charge in [0.1, 0.15) is 0 Å². The molecule has 1 unspecified atom stereocenters. The minimum Gasteiger partial charge on any atom is -0.327 e. The summed E-state index contributed by atoms with van der Waals surface area (Å²) < 4.78 is 0. The maximum absolute atomic E-state index is 5.70. The van der Waals surface area contributed by atoms with Gasteiger partial charge in [0.05, 0.1) is 0 Å². The molecule has 0 aliphatic carbocycles. The van der Waals surface area contributed by atoms with Gasteiger partial charge in [-0.2, -0.15) is 0 Å². The Kier molecular flexibility index (Phi) is 3.30. The van der Waals surface area contributed by atoms with E-state index in [0.717, 1.165) is 6.54 Å². The molecule has 1 aliphatic heterocycles. The van der Waals surface area contributed by atoms with Crippen molar-refractivity contribution in [2.24, 2.45) is 5.73 Å². The summed E-state index contributed by atoms with van der Waals surface area (Å²) in [6.07, 6.45) is 0. The summed E-state index contributed by atoms with van der Waals surface area (Å²) in [5.74, 6) is 0. The number of hydrogen-bond acceptors (Lipinski definition) is 3. The summed E-state index contributed by atoms with van der Waals surface area (Å²) in [5, 5.41) is 0. The maximum Gasteiger partial charge on any atom is 0.0139 e. The Morgan fingerprint density at radius 2 is 1.82 bits per heavy atom. The Morgan fingerprint density at radius 1 is 1.27 bits per heavy atom. The van der Waals surface area contributed by atoms with Crippen molar-refractivity contribution in [1.82, 2.24) is 9.80 Å². The highest BCUT2D eigenvalue weighted by Gasteiger charge is 2.13. The van der Waals surface area contributed by atoms with Crippen LogP contribution < -0.4 is 5.73 Å². The molecule has 1 aliphatic rings. The standard InChI is InChI=1S/C8H19N3/c1-8(9)7-11-5-3-10(2)4-6-11/h8H,3-7,9H2,1-2H3. The van der Waals surface area contributed by atoms with Gasteiger partial charge in [-0.3, -0.25) is 4.90 Å². The minimum absolute atomic E-state index is 0.318. The number of rotatable bonds is 2. The fourth-order valence-corrected chi connectivity index (χ4v) is 1.44. The van der Waals surface area contributed by atoms with Crippen LogP contribution in [0.25, 0.3) is 0 Å². The predicted molar refractivity (Wildman–Crippen MR) is 47.6 cm³/mol. The molecule has 0 radical (unpaired) electrons. The van der Waals surface area contributed by atoms with Gasteiger partial charge in [0.25, 0.3) is 0 Å². The largest absolute Gasteiger partial charge is 0.327 e. The molecule has 0 aromatic carbocycles. The van der Waals surface area contributed by atoms with Crippen LogP contribution in [0.3, 0.4) is 0 Å². The number of likely N-dealkylation sites (N-methyl/N-ethyl adjacent to an activating group) is 1. The van der Waals surface area contributed by atoms with Crippen molar-refractivity contribution >= 4 is 0 Å². The third-order valence-corrected chi connectivity index (χ3v) is 2.14. The van der Waals surface area contributed by atoms with E-state index < -0.39 is 0 Å². The van der Waals surface area contributed by atoms with Crippen LogP contribution in [0.4, 0.5) is 0 Å².